The van der Waals surface area contributed by atoms with Crippen LogP contribution in [0.5, 0.6) is 0 Å². The van der Waals surface area contributed by atoms with Crippen LogP contribution in [0.3, 0.4) is 0 Å². The van der Waals surface area contributed by atoms with E-state index in [1.165, 1.54) is 0 Å². The van der Waals surface area contributed by atoms with Gasteiger partial charge in [-0.25, -0.2) is 9.78 Å². The zero-order valence-electron chi connectivity index (χ0n) is 18.5. The van der Waals surface area contributed by atoms with Gasteiger partial charge in [0.25, 0.3) is 0 Å². The molecule has 0 aliphatic carbocycles. The Hall–Kier alpha value is -4.17. The highest BCUT2D eigenvalue weighted by Crippen LogP contribution is 2.34. The van der Waals surface area contributed by atoms with Crippen LogP contribution in [-0.2, 0) is 6.54 Å². The first-order valence-electron chi connectivity index (χ1n) is 10.9. The summed E-state index contributed by atoms with van der Waals surface area (Å²) < 4.78 is 0. The Morgan fingerprint density at radius 1 is 1.06 bits per heavy atom. The number of urea groups is 1. The van der Waals surface area contributed by atoms with Crippen LogP contribution >= 0.6 is 0 Å². The number of hydrogen-bond donors (Lipinski definition) is 3. The topological polar surface area (TPSA) is 85.4 Å². The SMILES string of the molecule is CCNC(=O)Nc1ccc(-c2ccc3c(n2)N(Cc2ccc4ncccc4c2)NN3C)cc1. The minimum absolute atomic E-state index is 0.213. The van der Waals surface area contributed by atoms with E-state index in [0.717, 1.165) is 44.9 Å². The average molecular weight is 440 g/mol. The van der Waals surface area contributed by atoms with Gasteiger partial charge in [0.1, 0.15) is 0 Å². The van der Waals surface area contributed by atoms with Gasteiger partial charge in [-0.2, -0.15) is 0 Å². The van der Waals surface area contributed by atoms with Gasteiger partial charge in [0.2, 0.25) is 0 Å². The third kappa shape index (κ3) is 4.28. The molecule has 8 heteroatoms. The van der Waals surface area contributed by atoms with E-state index in [-0.39, 0.29) is 6.03 Å². The summed E-state index contributed by atoms with van der Waals surface area (Å²) in [5, 5.41) is 10.7. The quantitative estimate of drug-likeness (QED) is 0.430. The molecule has 0 saturated carbocycles. The molecule has 0 saturated heterocycles. The second-order valence-corrected chi connectivity index (χ2v) is 7.88. The van der Waals surface area contributed by atoms with Crippen molar-refractivity contribution in [2.75, 3.05) is 28.9 Å². The van der Waals surface area contributed by atoms with Crippen molar-refractivity contribution in [3.8, 4) is 11.3 Å². The first-order valence-corrected chi connectivity index (χ1v) is 10.9. The van der Waals surface area contributed by atoms with E-state index >= 15 is 0 Å². The second-order valence-electron chi connectivity index (χ2n) is 7.88. The van der Waals surface area contributed by atoms with E-state index in [0.29, 0.717) is 13.1 Å². The van der Waals surface area contributed by atoms with E-state index < -0.39 is 0 Å². The standard InChI is InChI=1S/C25H25N7O/c1-3-26-25(33)28-20-9-7-18(8-10-20)22-12-13-23-24(29-22)32(30-31(23)2)16-17-6-11-21-19(15-17)5-4-14-27-21/h4-15,30H,3,16H2,1-2H3,(H2,26,28,33). The predicted molar refractivity (Wildman–Crippen MR) is 132 cm³/mol. The lowest BCUT2D eigenvalue weighted by Gasteiger charge is -2.19. The number of amides is 2. The molecule has 1 aliphatic heterocycles. The molecule has 0 radical (unpaired) electrons. The molecule has 2 amide bonds. The number of benzene rings is 2. The molecule has 2 aromatic carbocycles. The molecular weight excluding hydrogens is 414 g/mol. The number of nitrogens with zero attached hydrogens (tertiary/aromatic N) is 4. The van der Waals surface area contributed by atoms with E-state index in [4.69, 9.17) is 4.98 Å². The molecule has 166 valence electrons. The lowest BCUT2D eigenvalue weighted by Crippen LogP contribution is -2.41. The van der Waals surface area contributed by atoms with Crippen molar-refractivity contribution in [2.24, 2.45) is 0 Å². The lowest BCUT2D eigenvalue weighted by molar-refractivity contribution is 0.252. The third-order valence-electron chi connectivity index (χ3n) is 5.53. The number of fused-ring (bicyclic) bond motifs is 2. The molecule has 0 atom stereocenters. The number of nitrogens with one attached hydrogen (secondary N) is 3. The molecule has 3 heterocycles. The maximum absolute atomic E-state index is 11.7. The van der Waals surface area contributed by atoms with Crippen LogP contribution in [0.25, 0.3) is 22.2 Å². The van der Waals surface area contributed by atoms with Crippen molar-refractivity contribution in [1.82, 2.24) is 20.8 Å². The number of hydrogen-bond acceptors (Lipinski definition) is 6. The number of pyridine rings is 2. The smallest absolute Gasteiger partial charge is 0.319 e. The summed E-state index contributed by atoms with van der Waals surface area (Å²) in [5.74, 6) is 0.866. The van der Waals surface area contributed by atoms with Gasteiger partial charge in [0.05, 0.1) is 23.4 Å². The normalized spacial score (nSPS) is 12.7. The number of carbonyl (C=O) groups is 1. The van der Waals surface area contributed by atoms with Gasteiger partial charge < -0.3 is 10.6 Å². The fraction of sp³-hybridized carbons (Fsp3) is 0.160. The molecule has 0 unspecified atom stereocenters. The summed E-state index contributed by atoms with van der Waals surface area (Å²) in [6.45, 7) is 3.13. The van der Waals surface area contributed by atoms with Gasteiger partial charge >= 0.3 is 6.03 Å². The van der Waals surface area contributed by atoms with Gasteiger partial charge in [-0.15, -0.1) is 5.53 Å². The first-order chi connectivity index (χ1) is 16.1. The molecule has 2 aromatic heterocycles. The van der Waals surface area contributed by atoms with Crippen LogP contribution in [0.4, 0.5) is 22.0 Å². The summed E-state index contributed by atoms with van der Waals surface area (Å²) in [4.78, 5) is 21.1. The van der Waals surface area contributed by atoms with Gasteiger partial charge in [-0.3, -0.25) is 15.0 Å². The number of rotatable bonds is 5. The number of anilines is 3. The summed E-state index contributed by atoms with van der Waals surface area (Å²) >= 11 is 0. The molecule has 0 spiro atoms. The molecule has 5 rings (SSSR count). The largest absolute Gasteiger partial charge is 0.338 e. The number of hydrazine groups is 2. The highest BCUT2D eigenvalue weighted by molar-refractivity contribution is 5.89. The third-order valence-corrected chi connectivity index (χ3v) is 5.53. The summed E-state index contributed by atoms with van der Waals surface area (Å²) in [5.41, 5.74) is 9.11. The maximum atomic E-state index is 11.7. The zero-order chi connectivity index (χ0) is 22.8. The Balaban J connectivity index is 1.38. The van der Waals surface area contributed by atoms with Crippen LogP contribution in [-0.4, -0.2) is 29.6 Å². The number of carbonyl (C=O) groups excluding carboxylic acids is 1. The Morgan fingerprint density at radius 2 is 1.91 bits per heavy atom. The van der Waals surface area contributed by atoms with E-state index in [9.17, 15) is 4.79 Å². The summed E-state index contributed by atoms with van der Waals surface area (Å²) in [6.07, 6.45) is 1.81. The van der Waals surface area contributed by atoms with E-state index in [2.05, 4.69) is 45.4 Å². The van der Waals surface area contributed by atoms with Crippen LogP contribution in [0, 0.1) is 0 Å². The highest BCUT2D eigenvalue weighted by Gasteiger charge is 2.25. The van der Waals surface area contributed by atoms with Crippen molar-refractivity contribution >= 4 is 34.1 Å². The summed E-state index contributed by atoms with van der Waals surface area (Å²) in [6, 6.07) is 21.9. The summed E-state index contributed by atoms with van der Waals surface area (Å²) in [7, 11) is 1.98. The second kappa shape index (κ2) is 8.76. The average Bonchev–Trinajstić information content (AvgIpc) is 3.14. The van der Waals surface area contributed by atoms with Crippen molar-refractivity contribution in [3.63, 3.8) is 0 Å². The Labute approximate surface area is 192 Å². The van der Waals surface area contributed by atoms with Crippen LogP contribution in [0.15, 0.2) is 72.9 Å². The van der Waals surface area contributed by atoms with Gasteiger partial charge in [-0.1, -0.05) is 24.3 Å². The van der Waals surface area contributed by atoms with Crippen molar-refractivity contribution < 1.29 is 4.79 Å². The number of aromatic nitrogens is 2. The minimum Gasteiger partial charge on any atom is -0.338 e. The molecule has 4 aromatic rings. The molecule has 3 N–H and O–H groups in total. The highest BCUT2D eigenvalue weighted by atomic mass is 16.2. The fourth-order valence-corrected chi connectivity index (χ4v) is 3.92. The molecular formula is C25H25N7O. The monoisotopic (exact) mass is 439 g/mol. The van der Waals surface area contributed by atoms with Gasteiger partial charge in [0, 0.05) is 36.4 Å². The lowest BCUT2D eigenvalue weighted by atomic mass is 10.1. The van der Waals surface area contributed by atoms with Crippen LogP contribution in [0.1, 0.15) is 12.5 Å². The molecule has 0 bridgehead atoms. The minimum atomic E-state index is -0.213. The first kappa shape index (κ1) is 20.7. The van der Waals surface area contributed by atoms with E-state index in [1.54, 1.807) is 0 Å². The Bertz CT molecular complexity index is 1310. The maximum Gasteiger partial charge on any atom is 0.319 e. The fourth-order valence-electron chi connectivity index (χ4n) is 3.92. The van der Waals surface area contributed by atoms with Gasteiger partial charge in [-0.05, 0) is 55.0 Å². The van der Waals surface area contributed by atoms with Gasteiger partial charge in [0.15, 0.2) is 5.82 Å². The van der Waals surface area contributed by atoms with Crippen molar-refractivity contribution in [1.29, 1.82) is 0 Å². The van der Waals surface area contributed by atoms with Crippen molar-refractivity contribution in [2.45, 2.75) is 13.5 Å². The predicted octanol–water partition coefficient (Wildman–Crippen LogP) is 4.31. The molecule has 0 fully saturated rings. The molecule has 33 heavy (non-hydrogen) atoms. The van der Waals surface area contributed by atoms with Crippen LogP contribution < -0.4 is 26.2 Å². The van der Waals surface area contributed by atoms with Crippen molar-refractivity contribution in [3.05, 3.63) is 78.5 Å². The molecule has 8 nitrogen and oxygen atoms in total. The molecule has 1 aliphatic rings. The van der Waals surface area contributed by atoms with Crippen LogP contribution in [0.2, 0.25) is 0 Å². The Morgan fingerprint density at radius 3 is 2.73 bits per heavy atom. The zero-order valence-corrected chi connectivity index (χ0v) is 18.5. The Kier molecular flexibility index (Phi) is 5.50. The van der Waals surface area contributed by atoms with E-state index in [1.807, 2.05) is 72.7 Å².